The fraction of sp³-hybridized carbons (Fsp3) is 0.800. The van der Waals surface area contributed by atoms with E-state index in [1.165, 1.54) is 50.6 Å². The fourth-order valence-corrected chi connectivity index (χ4v) is 2.18. The third-order valence-electron chi connectivity index (χ3n) is 3.33. The van der Waals surface area contributed by atoms with Gasteiger partial charge in [0.15, 0.2) is 0 Å². The third-order valence-corrected chi connectivity index (χ3v) is 3.33. The molecule has 3 heteroatoms. The Bertz CT molecular complexity index is 294. The molecule has 18 heavy (non-hydrogen) atoms. The first kappa shape index (κ1) is 15.2. The van der Waals surface area contributed by atoms with Gasteiger partial charge in [-0.15, -0.1) is 0 Å². The topological polar surface area (TPSA) is 29.9 Å². The molecule has 0 radical (unpaired) electrons. The first-order valence-electron chi connectivity index (χ1n) is 7.59. The molecule has 0 aliphatic rings. The van der Waals surface area contributed by atoms with Crippen LogP contribution in [0.25, 0.3) is 0 Å². The molecular weight excluding hydrogens is 222 g/mol. The SMILES string of the molecule is CCCCCCCCCn1nccc1CNCC. The zero-order chi connectivity index (χ0) is 13.1. The number of hydrogen-bond donors (Lipinski definition) is 1. The Morgan fingerprint density at radius 2 is 1.78 bits per heavy atom. The van der Waals surface area contributed by atoms with Crippen molar-refractivity contribution >= 4 is 0 Å². The van der Waals surface area contributed by atoms with Gasteiger partial charge in [-0.2, -0.15) is 5.10 Å². The molecule has 0 saturated heterocycles. The van der Waals surface area contributed by atoms with E-state index in [4.69, 9.17) is 0 Å². The zero-order valence-electron chi connectivity index (χ0n) is 12.1. The van der Waals surface area contributed by atoms with Crippen molar-refractivity contribution in [3.05, 3.63) is 18.0 Å². The van der Waals surface area contributed by atoms with Crippen molar-refractivity contribution in [1.29, 1.82) is 0 Å². The maximum absolute atomic E-state index is 4.39. The average molecular weight is 251 g/mol. The van der Waals surface area contributed by atoms with Gasteiger partial charge >= 0.3 is 0 Å². The van der Waals surface area contributed by atoms with Crippen LogP contribution in [-0.2, 0) is 13.1 Å². The minimum atomic E-state index is 0.938. The van der Waals surface area contributed by atoms with Gasteiger partial charge in [-0.05, 0) is 19.0 Å². The highest BCUT2D eigenvalue weighted by Gasteiger charge is 2.01. The van der Waals surface area contributed by atoms with Crippen LogP contribution in [0.2, 0.25) is 0 Å². The maximum Gasteiger partial charge on any atom is 0.0522 e. The summed E-state index contributed by atoms with van der Waals surface area (Å²) in [5.41, 5.74) is 1.31. The molecule has 0 amide bonds. The molecule has 1 N–H and O–H groups in total. The first-order chi connectivity index (χ1) is 8.88. The fourth-order valence-electron chi connectivity index (χ4n) is 2.18. The molecule has 0 atom stereocenters. The van der Waals surface area contributed by atoms with Crippen LogP contribution >= 0.6 is 0 Å². The highest BCUT2D eigenvalue weighted by molar-refractivity contribution is 4.99. The lowest BCUT2D eigenvalue weighted by molar-refractivity contribution is 0.503. The van der Waals surface area contributed by atoms with E-state index < -0.39 is 0 Å². The maximum atomic E-state index is 4.39. The lowest BCUT2D eigenvalue weighted by atomic mass is 10.1. The molecule has 1 aromatic heterocycles. The summed E-state index contributed by atoms with van der Waals surface area (Å²) < 4.78 is 2.15. The van der Waals surface area contributed by atoms with Crippen LogP contribution in [0.4, 0.5) is 0 Å². The van der Waals surface area contributed by atoms with E-state index in [1.54, 1.807) is 0 Å². The summed E-state index contributed by atoms with van der Waals surface area (Å²) in [5.74, 6) is 0. The quantitative estimate of drug-likeness (QED) is 0.607. The Kier molecular flexibility index (Phi) is 8.57. The predicted octanol–water partition coefficient (Wildman–Crippen LogP) is 3.74. The van der Waals surface area contributed by atoms with E-state index >= 15 is 0 Å². The van der Waals surface area contributed by atoms with Gasteiger partial charge < -0.3 is 5.32 Å². The molecule has 0 bridgehead atoms. The Morgan fingerprint density at radius 1 is 1.06 bits per heavy atom. The van der Waals surface area contributed by atoms with Crippen molar-refractivity contribution in [2.24, 2.45) is 0 Å². The van der Waals surface area contributed by atoms with Gasteiger partial charge in [-0.25, -0.2) is 0 Å². The Labute approximate surface area is 112 Å². The Morgan fingerprint density at radius 3 is 2.50 bits per heavy atom. The second kappa shape index (κ2) is 10.1. The van der Waals surface area contributed by atoms with E-state index in [9.17, 15) is 0 Å². The number of aryl methyl sites for hydroxylation is 1. The lowest BCUT2D eigenvalue weighted by Gasteiger charge is -2.07. The third kappa shape index (κ3) is 6.20. The van der Waals surface area contributed by atoms with Crippen LogP contribution in [0.3, 0.4) is 0 Å². The van der Waals surface area contributed by atoms with Gasteiger partial charge in [0, 0.05) is 19.3 Å². The van der Waals surface area contributed by atoms with Gasteiger partial charge in [0.25, 0.3) is 0 Å². The molecule has 3 nitrogen and oxygen atoms in total. The molecule has 1 heterocycles. The molecule has 0 aliphatic heterocycles. The van der Waals surface area contributed by atoms with Crippen molar-refractivity contribution in [2.45, 2.75) is 71.9 Å². The molecule has 0 aromatic carbocycles. The monoisotopic (exact) mass is 251 g/mol. The van der Waals surface area contributed by atoms with Crippen molar-refractivity contribution in [2.75, 3.05) is 6.54 Å². The number of aromatic nitrogens is 2. The van der Waals surface area contributed by atoms with Crippen molar-refractivity contribution < 1.29 is 0 Å². The molecule has 0 spiro atoms. The van der Waals surface area contributed by atoms with Crippen LogP contribution < -0.4 is 5.32 Å². The van der Waals surface area contributed by atoms with Crippen LogP contribution in [-0.4, -0.2) is 16.3 Å². The molecule has 0 aliphatic carbocycles. The van der Waals surface area contributed by atoms with Crippen molar-refractivity contribution in [1.82, 2.24) is 15.1 Å². The van der Waals surface area contributed by atoms with Crippen molar-refractivity contribution in [3.8, 4) is 0 Å². The molecular formula is C15H29N3. The van der Waals surface area contributed by atoms with Gasteiger partial charge in [0.1, 0.15) is 0 Å². The Hall–Kier alpha value is -0.830. The first-order valence-corrected chi connectivity index (χ1v) is 7.59. The predicted molar refractivity (Wildman–Crippen MR) is 77.6 cm³/mol. The number of hydrogen-bond acceptors (Lipinski definition) is 2. The Balaban J connectivity index is 2.09. The van der Waals surface area contributed by atoms with E-state index in [0.29, 0.717) is 0 Å². The van der Waals surface area contributed by atoms with Gasteiger partial charge in [0.05, 0.1) is 5.69 Å². The van der Waals surface area contributed by atoms with Crippen LogP contribution in [0.1, 0.15) is 64.5 Å². The number of nitrogens with one attached hydrogen (secondary N) is 1. The standard InChI is InChI=1S/C15H29N3/c1-3-5-6-7-8-9-10-13-18-15(11-12-17-18)14-16-4-2/h11-12,16H,3-10,13-14H2,1-2H3. The van der Waals surface area contributed by atoms with Gasteiger partial charge in [0.2, 0.25) is 0 Å². The lowest BCUT2D eigenvalue weighted by Crippen LogP contribution is -2.16. The van der Waals surface area contributed by atoms with Crippen LogP contribution in [0.15, 0.2) is 12.3 Å². The zero-order valence-corrected chi connectivity index (χ0v) is 12.1. The second-order valence-electron chi connectivity index (χ2n) is 4.95. The summed E-state index contributed by atoms with van der Waals surface area (Å²) in [6.45, 7) is 7.43. The highest BCUT2D eigenvalue weighted by Crippen LogP contribution is 2.08. The smallest absolute Gasteiger partial charge is 0.0522 e. The second-order valence-corrected chi connectivity index (χ2v) is 4.95. The summed E-state index contributed by atoms with van der Waals surface area (Å²) in [5, 5.41) is 7.75. The normalized spacial score (nSPS) is 11.0. The minimum Gasteiger partial charge on any atom is -0.311 e. The molecule has 0 unspecified atom stereocenters. The summed E-state index contributed by atoms with van der Waals surface area (Å²) in [7, 11) is 0. The molecule has 104 valence electrons. The summed E-state index contributed by atoms with van der Waals surface area (Å²) in [4.78, 5) is 0. The number of unbranched alkanes of at least 4 members (excludes halogenated alkanes) is 6. The average Bonchev–Trinajstić information content (AvgIpc) is 2.83. The highest BCUT2D eigenvalue weighted by atomic mass is 15.3. The molecule has 0 saturated carbocycles. The molecule has 1 aromatic rings. The van der Waals surface area contributed by atoms with E-state index in [0.717, 1.165) is 19.6 Å². The number of nitrogens with zero attached hydrogens (tertiary/aromatic N) is 2. The summed E-state index contributed by atoms with van der Waals surface area (Å²) in [6.07, 6.45) is 11.4. The summed E-state index contributed by atoms with van der Waals surface area (Å²) in [6, 6.07) is 2.11. The van der Waals surface area contributed by atoms with Gasteiger partial charge in [-0.1, -0.05) is 52.4 Å². The largest absolute Gasteiger partial charge is 0.311 e. The molecule has 0 fully saturated rings. The van der Waals surface area contributed by atoms with Crippen LogP contribution in [0, 0.1) is 0 Å². The molecule has 1 rings (SSSR count). The van der Waals surface area contributed by atoms with E-state index in [2.05, 4.69) is 35.0 Å². The van der Waals surface area contributed by atoms with Crippen LogP contribution in [0.5, 0.6) is 0 Å². The van der Waals surface area contributed by atoms with E-state index in [-0.39, 0.29) is 0 Å². The minimum absolute atomic E-state index is 0.938. The van der Waals surface area contributed by atoms with Gasteiger partial charge in [-0.3, -0.25) is 4.68 Å². The van der Waals surface area contributed by atoms with E-state index in [1.807, 2.05) is 6.20 Å². The van der Waals surface area contributed by atoms with Crippen molar-refractivity contribution in [3.63, 3.8) is 0 Å². The summed E-state index contributed by atoms with van der Waals surface area (Å²) >= 11 is 0. The number of rotatable bonds is 11.